The zero-order valence-electron chi connectivity index (χ0n) is 10.3. The maximum atomic E-state index is 12.3. The van der Waals surface area contributed by atoms with Gasteiger partial charge < -0.3 is 5.73 Å². The van der Waals surface area contributed by atoms with Crippen LogP contribution in [0.1, 0.15) is 26.3 Å². The summed E-state index contributed by atoms with van der Waals surface area (Å²) in [5, 5.41) is 0. The van der Waals surface area contributed by atoms with Gasteiger partial charge in [0, 0.05) is 6.20 Å². The molecular formula is C14H11N3O2. The molecule has 1 aromatic carbocycles. The molecule has 94 valence electrons. The first-order valence-corrected chi connectivity index (χ1v) is 5.79. The van der Waals surface area contributed by atoms with Crippen LogP contribution < -0.4 is 10.6 Å². The van der Waals surface area contributed by atoms with Crippen LogP contribution in [0.25, 0.3) is 0 Å². The van der Waals surface area contributed by atoms with E-state index in [2.05, 4.69) is 4.98 Å². The zero-order valence-corrected chi connectivity index (χ0v) is 10.3. The van der Waals surface area contributed by atoms with Crippen LogP contribution in [0.15, 0.2) is 36.5 Å². The van der Waals surface area contributed by atoms with Crippen molar-refractivity contribution in [1.29, 1.82) is 0 Å². The number of anilines is 2. The lowest BCUT2D eigenvalue weighted by Gasteiger charge is -2.14. The molecule has 5 heteroatoms. The molecule has 0 radical (unpaired) electrons. The largest absolute Gasteiger partial charge is 0.396 e. The van der Waals surface area contributed by atoms with Crippen LogP contribution in [0, 0.1) is 6.92 Å². The number of nitrogens with two attached hydrogens (primary N) is 1. The molecule has 0 unspecified atom stereocenters. The topological polar surface area (TPSA) is 76.3 Å². The highest BCUT2D eigenvalue weighted by Crippen LogP contribution is 2.30. The standard InChI is InChI=1S/C14H11N3O2/c1-8-6-11(15)12(16-7-8)17-13(18)9-4-2-3-5-10(9)14(17)19/h2-7H,15H2,1H3. The van der Waals surface area contributed by atoms with Crippen molar-refractivity contribution in [3.05, 3.63) is 53.2 Å². The monoisotopic (exact) mass is 253 g/mol. The lowest BCUT2D eigenvalue weighted by Crippen LogP contribution is -2.31. The molecule has 0 bridgehead atoms. The van der Waals surface area contributed by atoms with Crippen LogP contribution >= 0.6 is 0 Å². The Morgan fingerprint density at radius 1 is 1.11 bits per heavy atom. The van der Waals surface area contributed by atoms with Crippen molar-refractivity contribution in [1.82, 2.24) is 4.98 Å². The van der Waals surface area contributed by atoms with Gasteiger partial charge in [-0.05, 0) is 30.7 Å². The molecule has 0 spiro atoms. The van der Waals surface area contributed by atoms with Gasteiger partial charge in [0.15, 0.2) is 5.82 Å². The summed E-state index contributed by atoms with van der Waals surface area (Å²) in [6, 6.07) is 8.38. The average molecular weight is 253 g/mol. The third-order valence-corrected chi connectivity index (χ3v) is 3.04. The molecule has 0 aliphatic carbocycles. The smallest absolute Gasteiger partial charge is 0.267 e. The van der Waals surface area contributed by atoms with E-state index in [9.17, 15) is 9.59 Å². The van der Waals surface area contributed by atoms with Gasteiger partial charge in [0.25, 0.3) is 11.8 Å². The molecule has 1 aromatic heterocycles. The number of aromatic nitrogens is 1. The normalized spacial score (nSPS) is 13.8. The Hall–Kier alpha value is -2.69. The van der Waals surface area contributed by atoms with E-state index in [0.29, 0.717) is 16.8 Å². The summed E-state index contributed by atoms with van der Waals surface area (Å²) in [5.41, 5.74) is 7.81. The van der Waals surface area contributed by atoms with Crippen molar-refractivity contribution in [2.75, 3.05) is 10.6 Å². The number of hydrogen-bond acceptors (Lipinski definition) is 4. The number of aryl methyl sites for hydroxylation is 1. The van der Waals surface area contributed by atoms with Crippen molar-refractivity contribution in [2.45, 2.75) is 6.92 Å². The number of rotatable bonds is 1. The maximum absolute atomic E-state index is 12.3. The molecule has 0 atom stereocenters. The van der Waals surface area contributed by atoms with Gasteiger partial charge in [-0.15, -0.1) is 0 Å². The number of benzene rings is 1. The summed E-state index contributed by atoms with van der Waals surface area (Å²) >= 11 is 0. The molecule has 2 heterocycles. The summed E-state index contributed by atoms with van der Waals surface area (Å²) in [4.78, 5) is 29.6. The van der Waals surface area contributed by atoms with E-state index in [1.165, 1.54) is 0 Å². The van der Waals surface area contributed by atoms with E-state index < -0.39 is 0 Å². The predicted molar refractivity (Wildman–Crippen MR) is 71.0 cm³/mol. The SMILES string of the molecule is Cc1cnc(N2C(=O)c3ccccc3C2=O)c(N)c1. The Kier molecular flexibility index (Phi) is 2.35. The second-order valence-electron chi connectivity index (χ2n) is 4.42. The average Bonchev–Trinajstić information content (AvgIpc) is 2.64. The van der Waals surface area contributed by atoms with Gasteiger partial charge in [-0.3, -0.25) is 9.59 Å². The number of imide groups is 1. The Labute approximate surface area is 109 Å². The van der Waals surface area contributed by atoms with E-state index in [0.717, 1.165) is 10.5 Å². The molecule has 2 N–H and O–H groups in total. The lowest BCUT2D eigenvalue weighted by atomic mass is 10.1. The molecule has 5 nitrogen and oxygen atoms in total. The van der Waals surface area contributed by atoms with Crippen molar-refractivity contribution in [3.8, 4) is 0 Å². The number of hydrogen-bond donors (Lipinski definition) is 1. The number of pyridine rings is 1. The fourth-order valence-corrected chi connectivity index (χ4v) is 2.15. The third-order valence-electron chi connectivity index (χ3n) is 3.04. The van der Waals surface area contributed by atoms with Gasteiger partial charge in [0.1, 0.15) is 0 Å². The summed E-state index contributed by atoms with van der Waals surface area (Å²) < 4.78 is 0. The van der Waals surface area contributed by atoms with Crippen LogP contribution in [0.2, 0.25) is 0 Å². The second-order valence-corrected chi connectivity index (χ2v) is 4.42. The van der Waals surface area contributed by atoms with Crippen molar-refractivity contribution >= 4 is 23.3 Å². The van der Waals surface area contributed by atoms with Crippen molar-refractivity contribution in [2.24, 2.45) is 0 Å². The van der Waals surface area contributed by atoms with Crippen molar-refractivity contribution < 1.29 is 9.59 Å². The minimum atomic E-state index is -0.386. The molecular weight excluding hydrogens is 242 g/mol. The van der Waals surface area contributed by atoms with Crippen LogP contribution in [-0.4, -0.2) is 16.8 Å². The van der Waals surface area contributed by atoms with Gasteiger partial charge in [-0.1, -0.05) is 12.1 Å². The van der Waals surface area contributed by atoms with Crippen molar-refractivity contribution in [3.63, 3.8) is 0 Å². The molecule has 2 aromatic rings. The van der Waals surface area contributed by atoms with E-state index in [-0.39, 0.29) is 17.6 Å². The molecule has 3 rings (SSSR count). The molecule has 0 saturated heterocycles. The van der Waals surface area contributed by atoms with E-state index >= 15 is 0 Å². The summed E-state index contributed by atoms with van der Waals surface area (Å²) in [7, 11) is 0. The first-order valence-electron chi connectivity index (χ1n) is 5.79. The van der Waals surface area contributed by atoms with E-state index in [1.54, 1.807) is 36.5 Å². The number of nitrogens with zero attached hydrogens (tertiary/aromatic N) is 2. The third kappa shape index (κ3) is 1.59. The minimum Gasteiger partial charge on any atom is -0.396 e. The molecule has 2 amide bonds. The van der Waals surface area contributed by atoms with Crippen LogP contribution in [0.4, 0.5) is 11.5 Å². The maximum Gasteiger partial charge on any atom is 0.267 e. The molecule has 1 aliphatic heterocycles. The Balaban J connectivity index is 2.14. The number of nitrogen functional groups attached to an aromatic ring is 1. The quantitative estimate of drug-likeness (QED) is 0.786. The van der Waals surface area contributed by atoms with Gasteiger partial charge in [-0.2, -0.15) is 0 Å². The van der Waals surface area contributed by atoms with Crippen LogP contribution in [0.3, 0.4) is 0 Å². The summed E-state index contributed by atoms with van der Waals surface area (Å²) in [6.45, 7) is 1.84. The molecule has 0 fully saturated rings. The number of amides is 2. The number of carbonyl (C=O) groups is 2. The highest BCUT2D eigenvalue weighted by atomic mass is 16.2. The summed E-state index contributed by atoms with van der Waals surface area (Å²) in [6.07, 6.45) is 1.58. The van der Waals surface area contributed by atoms with E-state index in [1.807, 2.05) is 6.92 Å². The lowest BCUT2D eigenvalue weighted by molar-refractivity contribution is 0.0925. The predicted octanol–water partition coefficient (Wildman–Crippen LogP) is 1.77. The molecule has 1 aliphatic rings. The van der Waals surface area contributed by atoms with Crippen LogP contribution in [0.5, 0.6) is 0 Å². The first-order chi connectivity index (χ1) is 9.09. The van der Waals surface area contributed by atoms with Gasteiger partial charge >= 0.3 is 0 Å². The Morgan fingerprint density at radius 3 is 2.21 bits per heavy atom. The highest BCUT2D eigenvalue weighted by molar-refractivity contribution is 6.34. The highest BCUT2D eigenvalue weighted by Gasteiger charge is 2.37. The molecule has 0 saturated carbocycles. The minimum absolute atomic E-state index is 0.191. The fourth-order valence-electron chi connectivity index (χ4n) is 2.15. The molecule has 19 heavy (non-hydrogen) atoms. The van der Waals surface area contributed by atoms with Gasteiger partial charge in [-0.25, -0.2) is 9.88 Å². The first kappa shape index (κ1) is 11.4. The Bertz CT molecular complexity index is 675. The summed E-state index contributed by atoms with van der Waals surface area (Å²) in [5.74, 6) is -0.580. The van der Waals surface area contributed by atoms with Gasteiger partial charge in [0.05, 0.1) is 16.8 Å². The second kappa shape index (κ2) is 3.91. The van der Waals surface area contributed by atoms with Gasteiger partial charge in [0.2, 0.25) is 0 Å². The number of carbonyl (C=O) groups excluding carboxylic acids is 2. The fraction of sp³-hybridized carbons (Fsp3) is 0.0714. The Morgan fingerprint density at radius 2 is 1.68 bits per heavy atom. The number of fused-ring (bicyclic) bond motifs is 1. The van der Waals surface area contributed by atoms with E-state index in [4.69, 9.17) is 5.73 Å². The zero-order chi connectivity index (χ0) is 13.6. The van der Waals surface area contributed by atoms with Crippen LogP contribution in [-0.2, 0) is 0 Å².